The molecule has 1 nitrogen and oxygen atoms in total. The van der Waals surface area contributed by atoms with Crippen LogP contribution in [-0.2, 0) is 5.41 Å². The van der Waals surface area contributed by atoms with E-state index in [1.165, 1.54) is 0 Å². The summed E-state index contributed by atoms with van der Waals surface area (Å²) in [5.74, 6) is 0. The number of nitriles is 1. The van der Waals surface area contributed by atoms with E-state index in [4.69, 9.17) is 28.5 Å². The average Bonchev–Trinajstić information content (AvgIpc) is 2.09. The Balaban J connectivity index is 3.30. The highest BCUT2D eigenvalue weighted by molar-refractivity contribution is 6.33. The summed E-state index contributed by atoms with van der Waals surface area (Å²) in [7, 11) is 0. The Hall–Kier alpha value is -0.710. The number of benzene rings is 1. The largest absolute Gasteiger partial charge is 0.197 e. The fraction of sp³-hybridized carbons (Fsp3) is 0.300. The van der Waals surface area contributed by atoms with Crippen LogP contribution in [0, 0.1) is 11.3 Å². The molecule has 0 N–H and O–H groups in total. The highest BCUT2D eigenvalue weighted by Gasteiger charge is 2.22. The third-order valence-corrected chi connectivity index (χ3v) is 2.45. The zero-order valence-corrected chi connectivity index (χ0v) is 8.95. The summed E-state index contributed by atoms with van der Waals surface area (Å²) in [5.41, 5.74) is 0.172. The van der Waals surface area contributed by atoms with Gasteiger partial charge >= 0.3 is 0 Å². The molecule has 0 saturated carbocycles. The summed E-state index contributed by atoms with van der Waals surface area (Å²) in [6.45, 7) is 3.62. The van der Waals surface area contributed by atoms with Gasteiger partial charge in [-0.2, -0.15) is 5.26 Å². The first-order valence-corrected chi connectivity index (χ1v) is 4.60. The first-order chi connectivity index (χ1) is 5.97. The van der Waals surface area contributed by atoms with E-state index in [9.17, 15) is 0 Å². The van der Waals surface area contributed by atoms with Crippen LogP contribution in [0.4, 0.5) is 0 Å². The van der Waals surface area contributed by atoms with E-state index in [1.54, 1.807) is 18.2 Å². The topological polar surface area (TPSA) is 23.8 Å². The number of rotatable bonds is 1. The Morgan fingerprint density at radius 3 is 2.46 bits per heavy atom. The summed E-state index contributed by atoms with van der Waals surface area (Å²) < 4.78 is 0. The molecule has 0 atom stereocenters. The maximum Gasteiger partial charge on any atom is 0.0781 e. The van der Waals surface area contributed by atoms with Crippen molar-refractivity contribution < 1.29 is 0 Å². The molecule has 0 unspecified atom stereocenters. The Labute approximate surface area is 87.9 Å². The number of nitrogens with zero attached hydrogens (tertiary/aromatic N) is 1. The molecular weight excluding hydrogens is 205 g/mol. The molecule has 0 aromatic heterocycles. The van der Waals surface area contributed by atoms with Gasteiger partial charge in [-0.25, -0.2) is 0 Å². The molecule has 1 aromatic carbocycles. The predicted molar refractivity (Wildman–Crippen MR) is 55.1 cm³/mol. The van der Waals surface area contributed by atoms with Crippen LogP contribution in [0.2, 0.25) is 10.0 Å². The molecule has 0 spiro atoms. The van der Waals surface area contributed by atoms with Crippen LogP contribution in [0.25, 0.3) is 0 Å². The Morgan fingerprint density at radius 2 is 1.92 bits per heavy atom. The third kappa shape index (κ3) is 2.15. The van der Waals surface area contributed by atoms with Crippen LogP contribution in [0.1, 0.15) is 19.4 Å². The van der Waals surface area contributed by atoms with Crippen molar-refractivity contribution in [3.8, 4) is 6.07 Å². The fourth-order valence-corrected chi connectivity index (χ4v) is 1.56. The molecule has 1 aromatic rings. The smallest absolute Gasteiger partial charge is 0.0781 e. The van der Waals surface area contributed by atoms with E-state index < -0.39 is 5.41 Å². The number of halogens is 2. The summed E-state index contributed by atoms with van der Waals surface area (Å²) in [6.07, 6.45) is 0. The minimum Gasteiger partial charge on any atom is -0.197 e. The molecule has 68 valence electrons. The van der Waals surface area contributed by atoms with Gasteiger partial charge in [-0.05, 0) is 37.6 Å². The molecule has 13 heavy (non-hydrogen) atoms. The highest BCUT2D eigenvalue weighted by atomic mass is 35.5. The fourth-order valence-electron chi connectivity index (χ4n) is 1.04. The molecule has 1 rings (SSSR count). The Morgan fingerprint density at radius 1 is 1.31 bits per heavy atom. The zero-order chi connectivity index (χ0) is 10.1. The van der Waals surface area contributed by atoms with Gasteiger partial charge < -0.3 is 0 Å². The minimum atomic E-state index is -0.595. The molecule has 0 aliphatic heterocycles. The van der Waals surface area contributed by atoms with Crippen molar-refractivity contribution in [1.82, 2.24) is 0 Å². The zero-order valence-electron chi connectivity index (χ0n) is 7.44. The number of hydrogen-bond acceptors (Lipinski definition) is 1. The van der Waals surface area contributed by atoms with Crippen molar-refractivity contribution in [3.05, 3.63) is 33.8 Å². The van der Waals surface area contributed by atoms with E-state index in [0.29, 0.717) is 10.0 Å². The molecule has 3 heteroatoms. The lowest BCUT2D eigenvalue weighted by Gasteiger charge is -2.17. The SMILES string of the molecule is CC(C)(C#N)c1cc(Cl)ccc1Cl. The standard InChI is InChI=1S/C10H9Cl2N/c1-10(2,6-13)8-5-7(11)3-4-9(8)12/h3-5H,1-2H3. The van der Waals surface area contributed by atoms with Crippen molar-refractivity contribution >= 4 is 23.2 Å². The molecule has 0 saturated heterocycles. The van der Waals surface area contributed by atoms with Crippen molar-refractivity contribution in [3.63, 3.8) is 0 Å². The quantitative estimate of drug-likeness (QED) is 0.697. The van der Waals surface area contributed by atoms with E-state index in [1.807, 2.05) is 13.8 Å². The van der Waals surface area contributed by atoms with E-state index in [0.717, 1.165) is 5.56 Å². The Kier molecular flexibility index (Phi) is 2.85. The van der Waals surface area contributed by atoms with E-state index in [2.05, 4.69) is 6.07 Å². The van der Waals surface area contributed by atoms with Gasteiger partial charge in [-0.1, -0.05) is 23.2 Å². The summed E-state index contributed by atoms with van der Waals surface area (Å²) >= 11 is 11.8. The molecular formula is C10H9Cl2N. The predicted octanol–water partition coefficient (Wildman–Crippen LogP) is 3.79. The van der Waals surface area contributed by atoms with Crippen molar-refractivity contribution in [2.75, 3.05) is 0 Å². The van der Waals surface area contributed by atoms with E-state index >= 15 is 0 Å². The van der Waals surface area contributed by atoms with Crippen LogP contribution in [-0.4, -0.2) is 0 Å². The second kappa shape index (κ2) is 3.57. The van der Waals surface area contributed by atoms with Gasteiger partial charge in [0.1, 0.15) is 0 Å². The lowest BCUT2D eigenvalue weighted by atomic mass is 9.86. The van der Waals surface area contributed by atoms with Gasteiger partial charge in [0.05, 0.1) is 11.5 Å². The Bertz CT molecular complexity index is 364. The van der Waals surface area contributed by atoms with Crippen LogP contribution < -0.4 is 0 Å². The minimum absolute atomic E-state index is 0.580. The first kappa shape index (κ1) is 10.4. The lowest BCUT2D eigenvalue weighted by Crippen LogP contribution is -2.14. The second-order valence-electron chi connectivity index (χ2n) is 3.36. The van der Waals surface area contributed by atoms with Gasteiger partial charge in [-0.15, -0.1) is 0 Å². The summed E-state index contributed by atoms with van der Waals surface area (Å²) in [6, 6.07) is 7.33. The molecule has 0 aliphatic carbocycles. The van der Waals surface area contributed by atoms with Crippen LogP contribution >= 0.6 is 23.2 Å². The maximum absolute atomic E-state index is 8.91. The van der Waals surface area contributed by atoms with Crippen LogP contribution in [0.5, 0.6) is 0 Å². The molecule has 0 amide bonds. The van der Waals surface area contributed by atoms with Gasteiger partial charge in [-0.3, -0.25) is 0 Å². The lowest BCUT2D eigenvalue weighted by molar-refractivity contribution is 0.687. The van der Waals surface area contributed by atoms with Gasteiger partial charge in [0.25, 0.3) is 0 Å². The van der Waals surface area contributed by atoms with Gasteiger partial charge in [0.2, 0.25) is 0 Å². The van der Waals surface area contributed by atoms with Crippen molar-refractivity contribution in [2.24, 2.45) is 0 Å². The van der Waals surface area contributed by atoms with Crippen molar-refractivity contribution in [2.45, 2.75) is 19.3 Å². The third-order valence-electron chi connectivity index (χ3n) is 1.88. The van der Waals surface area contributed by atoms with Gasteiger partial charge in [0, 0.05) is 10.0 Å². The normalized spacial score (nSPS) is 11.0. The second-order valence-corrected chi connectivity index (χ2v) is 4.20. The molecule has 0 aliphatic rings. The van der Waals surface area contributed by atoms with Crippen LogP contribution in [0.15, 0.2) is 18.2 Å². The molecule has 0 heterocycles. The maximum atomic E-state index is 8.91. The van der Waals surface area contributed by atoms with Crippen molar-refractivity contribution in [1.29, 1.82) is 5.26 Å². The molecule has 0 bridgehead atoms. The monoisotopic (exact) mass is 213 g/mol. The first-order valence-electron chi connectivity index (χ1n) is 3.84. The number of hydrogen-bond donors (Lipinski definition) is 0. The highest BCUT2D eigenvalue weighted by Crippen LogP contribution is 2.31. The molecule has 0 radical (unpaired) electrons. The van der Waals surface area contributed by atoms with Gasteiger partial charge in [0.15, 0.2) is 0 Å². The average molecular weight is 214 g/mol. The summed E-state index contributed by atoms with van der Waals surface area (Å²) in [5, 5.41) is 10.1. The van der Waals surface area contributed by atoms with E-state index in [-0.39, 0.29) is 0 Å². The summed E-state index contributed by atoms with van der Waals surface area (Å²) in [4.78, 5) is 0. The molecule has 0 fully saturated rings. The van der Waals surface area contributed by atoms with Crippen LogP contribution in [0.3, 0.4) is 0 Å².